The van der Waals surface area contributed by atoms with E-state index in [9.17, 15) is 22.4 Å². The molecule has 0 saturated carbocycles. The summed E-state index contributed by atoms with van der Waals surface area (Å²) in [5.41, 5.74) is 2.24. The fraction of sp³-hybridized carbons (Fsp3) is 0.462. The van der Waals surface area contributed by atoms with Crippen LogP contribution in [0, 0.1) is 12.7 Å². The SMILES string of the molecule is CC[C@@H](C)NC(=O)[C@H](C)N(Cc1ccc(F)cc1)C(=O)CCCN(c1ccc(C)cc1)S(C)(=O)=O. The summed E-state index contributed by atoms with van der Waals surface area (Å²) in [6.45, 7) is 7.70. The molecule has 2 aromatic rings. The van der Waals surface area contributed by atoms with E-state index in [-0.39, 0.29) is 49.6 Å². The molecule has 0 spiro atoms. The molecule has 0 aliphatic heterocycles. The third kappa shape index (κ3) is 8.65. The third-order valence-electron chi connectivity index (χ3n) is 5.91. The Kier molecular flexibility index (Phi) is 10.2. The quantitative estimate of drug-likeness (QED) is 0.472. The molecule has 2 aromatic carbocycles. The van der Waals surface area contributed by atoms with Crippen molar-refractivity contribution in [3.63, 3.8) is 0 Å². The van der Waals surface area contributed by atoms with E-state index in [0.717, 1.165) is 18.2 Å². The number of sulfonamides is 1. The van der Waals surface area contributed by atoms with Crippen molar-refractivity contribution >= 4 is 27.5 Å². The predicted molar refractivity (Wildman–Crippen MR) is 137 cm³/mol. The molecular weight excluding hydrogens is 469 g/mol. The van der Waals surface area contributed by atoms with Crippen LogP contribution in [0.3, 0.4) is 0 Å². The average molecular weight is 506 g/mol. The predicted octanol–water partition coefficient (Wildman–Crippen LogP) is 4.01. The number of amides is 2. The number of nitrogens with zero attached hydrogens (tertiary/aromatic N) is 2. The van der Waals surface area contributed by atoms with E-state index < -0.39 is 16.1 Å². The fourth-order valence-electron chi connectivity index (χ4n) is 3.55. The van der Waals surface area contributed by atoms with Crippen molar-refractivity contribution in [2.24, 2.45) is 0 Å². The highest BCUT2D eigenvalue weighted by atomic mass is 32.2. The van der Waals surface area contributed by atoms with Crippen molar-refractivity contribution < 1.29 is 22.4 Å². The lowest BCUT2D eigenvalue weighted by atomic mass is 10.1. The highest BCUT2D eigenvalue weighted by molar-refractivity contribution is 7.92. The van der Waals surface area contributed by atoms with Crippen LogP contribution in [0.5, 0.6) is 0 Å². The molecule has 0 heterocycles. The van der Waals surface area contributed by atoms with Crippen molar-refractivity contribution in [1.82, 2.24) is 10.2 Å². The Bertz CT molecular complexity index is 1090. The van der Waals surface area contributed by atoms with Gasteiger partial charge in [-0.2, -0.15) is 0 Å². The Hall–Kier alpha value is -2.94. The topological polar surface area (TPSA) is 86.8 Å². The second-order valence-corrected chi connectivity index (χ2v) is 10.8. The Labute approximate surface area is 208 Å². The lowest BCUT2D eigenvalue weighted by molar-refractivity contribution is -0.140. The number of halogens is 1. The molecule has 0 aliphatic rings. The average Bonchev–Trinajstić information content (AvgIpc) is 2.80. The zero-order valence-electron chi connectivity index (χ0n) is 21.1. The first kappa shape index (κ1) is 28.3. The van der Waals surface area contributed by atoms with Gasteiger partial charge in [-0.05, 0) is 63.4 Å². The van der Waals surface area contributed by atoms with Crippen LogP contribution in [0.15, 0.2) is 48.5 Å². The molecule has 35 heavy (non-hydrogen) atoms. The molecule has 0 aromatic heterocycles. The summed E-state index contributed by atoms with van der Waals surface area (Å²) in [7, 11) is -3.54. The summed E-state index contributed by atoms with van der Waals surface area (Å²) in [5, 5.41) is 2.90. The number of benzene rings is 2. The highest BCUT2D eigenvalue weighted by Gasteiger charge is 2.27. The van der Waals surface area contributed by atoms with Gasteiger partial charge in [0.25, 0.3) is 0 Å². The molecule has 0 bridgehead atoms. The summed E-state index contributed by atoms with van der Waals surface area (Å²) in [6, 6.07) is 12.1. The van der Waals surface area contributed by atoms with E-state index in [0.29, 0.717) is 11.3 Å². The van der Waals surface area contributed by atoms with E-state index in [1.54, 1.807) is 31.2 Å². The minimum Gasteiger partial charge on any atom is -0.352 e. The number of carbonyl (C=O) groups is 2. The van der Waals surface area contributed by atoms with Gasteiger partial charge >= 0.3 is 0 Å². The second-order valence-electron chi connectivity index (χ2n) is 8.92. The molecule has 2 atom stereocenters. The van der Waals surface area contributed by atoms with E-state index >= 15 is 0 Å². The number of carbonyl (C=O) groups excluding carboxylic acids is 2. The van der Waals surface area contributed by atoms with Gasteiger partial charge in [-0.25, -0.2) is 12.8 Å². The van der Waals surface area contributed by atoms with Gasteiger partial charge in [0.2, 0.25) is 21.8 Å². The third-order valence-corrected chi connectivity index (χ3v) is 7.10. The number of aryl methyl sites for hydroxylation is 1. The zero-order valence-corrected chi connectivity index (χ0v) is 21.9. The molecule has 0 radical (unpaired) electrons. The molecule has 192 valence electrons. The van der Waals surface area contributed by atoms with Crippen LogP contribution < -0.4 is 9.62 Å². The Balaban J connectivity index is 2.15. The van der Waals surface area contributed by atoms with Crippen LogP contribution in [0.2, 0.25) is 0 Å². The molecule has 0 fully saturated rings. The van der Waals surface area contributed by atoms with Crippen LogP contribution in [0.1, 0.15) is 51.2 Å². The van der Waals surface area contributed by atoms with Gasteiger partial charge in [0.15, 0.2) is 0 Å². The largest absolute Gasteiger partial charge is 0.352 e. The van der Waals surface area contributed by atoms with Crippen LogP contribution in [-0.4, -0.2) is 50.0 Å². The number of nitrogens with one attached hydrogen (secondary N) is 1. The van der Waals surface area contributed by atoms with Crippen molar-refractivity contribution in [1.29, 1.82) is 0 Å². The molecule has 2 rings (SSSR count). The maximum atomic E-state index is 13.4. The second kappa shape index (κ2) is 12.7. The van der Waals surface area contributed by atoms with Gasteiger partial charge in [0.05, 0.1) is 11.9 Å². The first-order valence-electron chi connectivity index (χ1n) is 11.8. The summed E-state index contributed by atoms with van der Waals surface area (Å²) >= 11 is 0. The smallest absolute Gasteiger partial charge is 0.242 e. The maximum Gasteiger partial charge on any atom is 0.242 e. The number of anilines is 1. The van der Waals surface area contributed by atoms with E-state index in [4.69, 9.17) is 0 Å². The van der Waals surface area contributed by atoms with E-state index in [2.05, 4.69) is 5.32 Å². The Morgan fingerprint density at radius 2 is 1.63 bits per heavy atom. The first-order valence-corrected chi connectivity index (χ1v) is 13.7. The lowest BCUT2D eigenvalue weighted by Crippen LogP contribution is -2.49. The monoisotopic (exact) mass is 505 g/mol. The standard InChI is InChI=1S/C26H36FN3O4S/c1-6-20(3)28-26(32)21(4)29(18-22-11-13-23(27)14-12-22)25(31)8-7-17-30(35(5,33)34)24-15-9-19(2)10-16-24/h9-16,20-21H,6-8,17-18H2,1-5H3,(H,28,32)/t20-,21+/m1/s1. The number of rotatable bonds is 12. The highest BCUT2D eigenvalue weighted by Crippen LogP contribution is 2.20. The molecule has 0 unspecified atom stereocenters. The van der Waals surface area contributed by atoms with Gasteiger partial charge in [-0.15, -0.1) is 0 Å². The molecule has 0 aliphatic carbocycles. The molecule has 0 saturated heterocycles. The Morgan fingerprint density at radius 1 is 1.03 bits per heavy atom. The summed E-state index contributed by atoms with van der Waals surface area (Å²) in [5.74, 6) is -0.933. The van der Waals surface area contributed by atoms with Crippen LogP contribution in [0.4, 0.5) is 10.1 Å². The summed E-state index contributed by atoms with van der Waals surface area (Å²) < 4.78 is 39.4. The van der Waals surface area contributed by atoms with Gasteiger partial charge in [0, 0.05) is 25.6 Å². The van der Waals surface area contributed by atoms with Gasteiger partial charge in [-0.1, -0.05) is 36.8 Å². The van der Waals surface area contributed by atoms with Crippen LogP contribution >= 0.6 is 0 Å². The minimum absolute atomic E-state index is 0.0365. The number of hydrogen-bond donors (Lipinski definition) is 1. The van der Waals surface area contributed by atoms with Gasteiger partial charge in [-0.3, -0.25) is 13.9 Å². The van der Waals surface area contributed by atoms with Crippen molar-refractivity contribution in [2.45, 2.75) is 65.6 Å². The van der Waals surface area contributed by atoms with E-state index in [1.165, 1.54) is 21.3 Å². The number of hydrogen-bond acceptors (Lipinski definition) is 4. The minimum atomic E-state index is -3.54. The molecule has 1 N–H and O–H groups in total. The van der Waals surface area contributed by atoms with Gasteiger partial charge in [0.1, 0.15) is 11.9 Å². The lowest BCUT2D eigenvalue weighted by Gasteiger charge is -2.30. The summed E-state index contributed by atoms with van der Waals surface area (Å²) in [4.78, 5) is 27.5. The zero-order chi connectivity index (χ0) is 26.2. The maximum absolute atomic E-state index is 13.4. The van der Waals surface area contributed by atoms with Crippen LogP contribution in [-0.2, 0) is 26.2 Å². The molecule has 9 heteroatoms. The van der Waals surface area contributed by atoms with Crippen molar-refractivity contribution in [3.05, 3.63) is 65.5 Å². The molecule has 7 nitrogen and oxygen atoms in total. The van der Waals surface area contributed by atoms with Crippen molar-refractivity contribution in [2.75, 3.05) is 17.1 Å². The van der Waals surface area contributed by atoms with Gasteiger partial charge < -0.3 is 10.2 Å². The summed E-state index contributed by atoms with van der Waals surface area (Å²) in [6.07, 6.45) is 2.22. The molecular formula is C26H36FN3O4S. The van der Waals surface area contributed by atoms with E-state index in [1.807, 2.05) is 32.9 Å². The first-order chi connectivity index (χ1) is 16.4. The van der Waals surface area contributed by atoms with Crippen molar-refractivity contribution in [3.8, 4) is 0 Å². The normalized spacial score (nSPS) is 13.1. The fourth-order valence-corrected chi connectivity index (χ4v) is 4.51. The Morgan fingerprint density at radius 3 is 2.17 bits per heavy atom. The molecule has 2 amide bonds. The van der Waals surface area contributed by atoms with Crippen LogP contribution in [0.25, 0.3) is 0 Å².